The maximum absolute atomic E-state index is 12.3. The number of ether oxygens (including phenoxy) is 2. The van der Waals surface area contributed by atoms with E-state index in [2.05, 4.69) is 4.98 Å². The summed E-state index contributed by atoms with van der Waals surface area (Å²) in [5, 5.41) is 0. The number of pyridine rings is 1. The Morgan fingerprint density at radius 1 is 1.50 bits per heavy atom. The van der Waals surface area contributed by atoms with E-state index in [9.17, 15) is 8.42 Å². The second-order valence-corrected chi connectivity index (χ2v) is 8.96. The number of sulfonamides is 1. The van der Waals surface area contributed by atoms with Gasteiger partial charge >= 0.3 is 0 Å². The van der Waals surface area contributed by atoms with E-state index >= 15 is 0 Å². The molecule has 2 fully saturated rings. The minimum Gasteiger partial charge on any atom is -0.377 e. The van der Waals surface area contributed by atoms with Crippen LogP contribution < -0.4 is 0 Å². The average molecular weight is 354 g/mol. The van der Waals surface area contributed by atoms with E-state index in [1.165, 1.54) is 0 Å². The van der Waals surface area contributed by atoms with E-state index in [0.29, 0.717) is 26.3 Å². The molecule has 6 nitrogen and oxygen atoms in total. The molecule has 0 N–H and O–H groups in total. The summed E-state index contributed by atoms with van der Waals surface area (Å²) < 4.78 is 38.2. The Bertz CT molecular complexity index is 637. The number of aromatic nitrogens is 1. The Hall–Kier alpha value is -1.02. The lowest BCUT2D eigenvalue weighted by Crippen LogP contribution is -2.58. The lowest BCUT2D eigenvalue weighted by atomic mass is 9.73. The number of hydrogen-bond acceptors (Lipinski definition) is 5. The number of hydrogen-bond donors (Lipinski definition) is 0. The summed E-state index contributed by atoms with van der Waals surface area (Å²) >= 11 is 0. The molecule has 24 heavy (non-hydrogen) atoms. The predicted molar refractivity (Wildman–Crippen MR) is 91.0 cm³/mol. The Morgan fingerprint density at radius 3 is 3.12 bits per heavy atom. The maximum Gasteiger partial charge on any atom is 0.213 e. The Morgan fingerprint density at radius 2 is 2.38 bits per heavy atom. The molecule has 0 aliphatic carbocycles. The van der Waals surface area contributed by atoms with Crippen molar-refractivity contribution in [3.63, 3.8) is 0 Å². The van der Waals surface area contributed by atoms with Gasteiger partial charge in [0.05, 0.1) is 25.1 Å². The Labute approximate surface area is 144 Å². The summed E-state index contributed by atoms with van der Waals surface area (Å²) in [7, 11) is -3.17. The van der Waals surface area contributed by atoms with Gasteiger partial charge in [0.15, 0.2) is 0 Å². The zero-order chi connectivity index (χ0) is 17.0. The van der Waals surface area contributed by atoms with Gasteiger partial charge < -0.3 is 9.47 Å². The molecule has 0 spiro atoms. The van der Waals surface area contributed by atoms with Crippen molar-refractivity contribution in [1.29, 1.82) is 0 Å². The largest absolute Gasteiger partial charge is 0.377 e. The van der Waals surface area contributed by atoms with Gasteiger partial charge in [-0.25, -0.2) is 12.7 Å². The summed E-state index contributed by atoms with van der Waals surface area (Å²) in [4.78, 5) is 4.09. The van der Waals surface area contributed by atoms with Gasteiger partial charge in [-0.2, -0.15) is 0 Å². The van der Waals surface area contributed by atoms with Crippen LogP contribution in [0.1, 0.15) is 31.7 Å². The SMILES string of the molecule is CCS(=O)(=O)N1CCC2OCCCC2(COCc2cccnc2)C1. The monoisotopic (exact) mass is 354 g/mol. The van der Waals surface area contributed by atoms with Crippen LogP contribution in [0.5, 0.6) is 0 Å². The van der Waals surface area contributed by atoms with Gasteiger partial charge in [0, 0.05) is 37.5 Å². The van der Waals surface area contributed by atoms with Crippen LogP contribution in [0.4, 0.5) is 0 Å². The third-order valence-electron chi connectivity index (χ3n) is 5.09. The van der Waals surface area contributed by atoms with Gasteiger partial charge in [0.2, 0.25) is 10.0 Å². The van der Waals surface area contributed by atoms with Crippen LogP contribution in [0.2, 0.25) is 0 Å². The molecule has 0 amide bonds. The summed E-state index contributed by atoms with van der Waals surface area (Å²) in [5.74, 6) is 0.144. The van der Waals surface area contributed by atoms with Crippen LogP contribution in [-0.4, -0.2) is 55.9 Å². The topological polar surface area (TPSA) is 68.7 Å². The molecule has 0 radical (unpaired) electrons. The first-order valence-corrected chi connectivity index (χ1v) is 10.2. The van der Waals surface area contributed by atoms with E-state index in [0.717, 1.165) is 31.4 Å². The van der Waals surface area contributed by atoms with Crippen molar-refractivity contribution in [2.45, 2.75) is 38.9 Å². The van der Waals surface area contributed by atoms with E-state index in [1.54, 1.807) is 23.6 Å². The normalized spacial score (nSPS) is 28.5. The van der Waals surface area contributed by atoms with Crippen molar-refractivity contribution >= 4 is 10.0 Å². The summed E-state index contributed by atoms with van der Waals surface area (Å²) in [6.45, 7) is 4.51. The predicted octanol–water partition coefficient (Wildman–Crippen LogP) is 1.82. The quantitative estimate of drug-likeness (QED) is 0.779. The first kappa shape index (κ1) is 17.8. The summed E-state index contributed by atoms with van der Waals surface area (Å²) in [5.41, 5.74) is 0.789. The lowest BCUT2D eigenvalue weighted by Gasteiger charge is -2.49. The second kappa shape index (κ2) is 7.47. The highest BCUT2D eigenvalue weighted by atomic mass is 32.2. The summed E-state index contributed by atoms with van der Waals surface area (Å²) in [6.07, 6.45) is 6.26. The molecule has 1 aromatic heterocycles. The van der Waals surface area contributed by atoms with Crippen LogP contribution >= 0.6 is 0 Å². The van der Waals surface area contributed by atoms with E-state index in [4.69, 9.17) is 9.47 Å². The average Bonchev–Trinajstić information content (AvgIpc) is 2.62. The fourth-order valence-corrected chi connectivity index (χ4v) is 4.94. The smallest absolute Gasteiger partial charge is 0.213 e. The van der Waals surface area contributed by atoms with E-state index in [1.807, 2.05) is 12.1 Å². The van der Waals surface area contributed by atoms with Crippen molar-refractivity contribution in [3.8, 4) is 0 Å². The molecule has 7 heteroatoms. The van der Waals surface area contributed by atoms with Crippen LogP contribution in [0.15, 0.2) is 24.5 Å². The fraction of sp³-hybridized carbons (Fsp3) is 0.706. The Balaban J connectivity index is 1.69. The molecule has 134 valence electrons. The zero-order valence-electron chi connectivity index (χ0n) is 14.2. The molecule has 0 bridgehead atoms. The van der Waals surface area contributed by atoms with E-state index in [-0.39, 0.29) is 17.3 Å². The van der Waals surface area contributed by atoms with Crippen molar-refractivity contribution in [3.05, 3.63) is 30.1 Å². The molecule has 0 saturated carbocycles. The van der Waals surface area contributed by atoms with Crippen LogP contribution in [0, 0.1) is 5.41 Å². The third kappa shape index (κ3) is 3.79. The molecule has 3 rings (SSSR count). The molecule has 3 heterocycles. The number of fused-ring (bicyclic) bond motifs is 1. The number of rotatable bonds is 6. The van der Waals surface area contributed by atoms with Crippen LogP contribution in [0.3, 0.4) is 0 Å². The van der Waals surface area contributed by atoms with Gasteiger partial charge in [-0.15, -0.1) is 0 Å². The molecule has 2 aliphatic heterocycles. The molecular weight excluding hydrogens is 328 g/mol. The molecule has 0 aromatic carbocycles. The minimum atomic E-state index is -3.17. The first-order valence-electron chi connectivity index (χ1n) is 8.62. The maximum atomic E-state index is 12.3. The highest BCUT2D eigenvalue weighted by Gasteiger charge is 2.48. The van der Waals surface area contributed by atoms with Gasteiger partial charge in [-0.3, -0.25) is 4.98 Å². The van der Waals surface area contributed by atoms with Crippen LogP contribution in [-0.2, 0) is 26.1 Å². The van der Waals surface area contributed by atoms with Crippen molar-refractivity contribution in [1.82, 2.24) is 9.29 Å². The number of piperidine rings is 1. The number of nitrogens with zero attached hydrogens (tertiary/aromatic N) is 2. The molecule has 2 saturated heterocycles. The van der Waals surface area contributed by atoms with Crippen molar-refractivity contribution < 1.29 is 17.9 Å². The molecule has 2 aliphatic rings. The minimum absolute atomic E-state index is 0.0865. The zero-order valence-corrected chi connectivity index (χ0v) is 15.0. The standard InChI is InChI=1S/C17H26N2O4S/c1-2-24(20,21)19-9-6-16-17(13-19,7-4-10-23-16)14-22-12-15-5-3-8-18-11-15/h3,5,8,11,16H,2,4,6-7,9-10,12-14H2,1H3. The highest BCUT2D eigenvalue weighted by Crippen LogP contribution is 2.41. The Kier molecular flexibility index (Phi) is 5.54. The molecule has 2 unspecified atom stereocenters. The molecule has 2 atom stereocenters. The fourth-order valence-electron chi connectivity index (χ4n) is 3.74. The molecule has 1 aromatic rings. The second-order valence-electron chi connectivity index (χ2n) is 6.70. The van der Waals surface area contributed by atoms with Crippen molar-refractivity contribution in [2.75, 3.05) is 32.1 Å². The third-order valence-corrected chi connectivity index (χ3v) is 6.92. The molecular formula is C17H26N2O4S. The van der Waals surface area contributed by atoms with Gasteiger partial charge in [0.1, 0.15) is 0 Å². The lowest BCUT2D eigenvalue weighted by molar-refractivity contribution is -0.144. The summed E-state index contributed by atoms with van der Waals surface area (Å²) in [6, 6.07) is 3.87. The van der Waals surface area contributed by atoms with Crippen molar-refractivity contribution in [2.24, 2.45) is 5.41 Å². The van der Waals surface area contributed by atoms with Gasteiger partial charge in [0.25, 0.3) is 0 Å². The van der Waals surface area contributed by atoms with Gasteiger partial charge in [-0.1, -0.05) is 6.07 Å². The first-order chi connectivity index (χ1) is 11.6. The van der Waals surface area contributed by atoms with E-state index < -0.39 is 10.0 Å². The highest BCUT2D eigenvalue weighted by molar-refractivity contribution is 7.89. The van der Waals surface area contributed by atoms with Gasteiger partial charge in [-0.05, 0) is 37.8 Å². The van der Waals surface area contributed by atoms with Crippen LogP contribution in [0.25, 0.3) is 0 Å².